The molecule has 125 heavy (non-hydrogen) atoms. The fourth-order valence-electron chi connectivity index (χ4n) is 11.2. The highest BCUT2D eigenvalue weighted by molar-refractivity contribution is 7.90. The molecule has 10 rings (SSSR count). The van der Waals surface area contributed by atoms with E-state index in [4.69, 9.17) is 32.1 Å². The first-order valence-corrected chi connectivity index (χ1v) is 46.2. The summed E-state index contributed by atoms with van der Waals surface area (Å²) < 4.78 is 166. The first-order chi connectivity index (χ1) is 59.0. The van der Waals surface area contributed by atoms with Crippen molar-refractivity contribution in [2.45, 2.75) is 126 Å². The summed E-state index contributed by atoms with van der Waals surface area (Å²) >= 11 is 0. The lowest BCUT2D eigenvalue weighted by atomic mass is 10.0. The van der Waals surface area contributed by atoms with Gasteiger partial charge in [-0.25, -0.2) is 39.4 Å². The van der Waals surface area contributed by atoms with E-state index in [1.165, 1.54) is 35.5 Å². The van der Waals surface area contributed by atoms with Gasteiger partial charge in [0.2, 0.25) is 30.1 Å². The molecule has 35 heteroatoms. The predicted octanol–water partition coefficient (Wildman–Crippen LogP) is 14.0. The highest BCUT2D eigenvalue weighted by atomic mass is 32.2. The molecule has 0 saturated carbocycles. The van der Waals surface area contributed by atoms with Crippen molar-refractivity contribution < 1.29 is 124 Å². The molecule has 0 aliphatic carbocycles. The molecule has 0 aliphatic heterocycles. The molecule has 0 amide bonds. The van der Waals surface area contributed by atoms with E-state index in [0.29, 0.717) is 59.9 Å². The van der Waals surface area contributed by atoms with E-state index in [1.54, 1.807) is 135 Å². The standard InChI is InChI=1S/3C18H21NO5S.2C18H20O6S/c3*1-4-9-19-25(22,23)17-10-14(15(20)11-16(17)24-3)18(21)13-7-5-12(2)6-8-13;2*1-4-9-24-25(21,22)17-10-14(15(19)11-16(17)23-3)18(20)13-7-5-12(2)6-8-13/h3*5-8,10-11,19-20H,4,9H2,1-3H3;2*5-8,10-11,19H,4,9H2,1-3H3. The Morgan fingerprint density at radius 2 is 0.432 bits per heavy atom. The number of phenolic OH excluding ortho intramolecular Hbond substituents is 5. The summed E-state index contributed by atoms with van der Waals surface area (Å²) in [6.07, 6.45) is 2.88. The van der Waals surface area contributed by atoms with Gasteiger partial charge in [-0.3, -0.25) is 32.3 Å². The third-order valence-electron chi connectivity index (χ3n) is 18.1. The number of rotatable bonds is 35. The van der Waals surface area contributed by atoms with Crippen molar-refractivity contribution in [1.29, 1.82) is 0 Å². The second-order valence-electron chi connectivity index (χ2n) is 27.8. The van der Waals surface area contributed by atoms with Crippen LogP contribution in [0.3, 0.4) is 0 Å². The van der Waals surface area contributed by atoms with Crippen LogP contribution in [0.1, 0.15) is 174 Å². The predicted molar refractivity (Wildman–Crippen MR) is 470 cm³/mol. The van der Waals surface area contributed by atoms with Crippen LogP contribution in [-0.2, 0) is 58.7 Å². The second kappa shape index (κ2) is 46.2. The van der Waals surface area contributed by atoms with Crippen molar-refractivity contribution in [2.75, 3.05) is 68.4 Å². The van der Waals surface area contributed by atoms with Crippen molar-refractivity contribution in [2.24, 2.45) is 0 Å². The van der Waals surface area contributed by atoms with Crippen molar-refractivity contribution >= 4 is 79.2 Å². The van der Waals surface area contributed by atoms with E-state index in [9.17, 15) is 91.6 Å². The largest absolute Gasteiger partial charge is 0.507 e. The molecule has 8 N–H and O–H groups in total. The molecule has 0 fully saturated rings. The van der Waals surface area contributed by atoms with Gasteiger partial charge in [-0.05, 0) is 97.1 Å². The summed E-state index contributed by atoms with van der Waals surface area (Å²) in [5.41, 5.74) is 6.11. The van der Waals surface area contributed by atoms with Crippen LogP contribution in [0, 0.1) is 34.6 Å². The van der Waals surface area contributed by atoms with Gasteiger partial charge in [-0.1, -0.05) is 184 Å². The summed E-state index contributed by atoms with van der Waals surface area (Å²) in [5.74, 6) is -4.38. The molecule has 0 unspecified atom stereocenters. The minimum absolute atomic E-state index is 0.00755. The van der Waals surface area contributed by atoms with E-state index in [2.05, 4.69) is 14.2 Å². The lowest BCUT2D eigenvalue weighted by molar-refractivity contribution is 0.102. The molecule has 0 saturated heterocycles. The Labute approximate surface area is 729 Å². The van der Waals surface area contributed by atoms with Gasteiger partial charge >= 0.3 is 20.2 Å². The molecule has 0 atom stereocenters. The maximum Gasteiger partial charge on any atom is 0.300 e. The van der Waals surface area contributed by atoms with E-state index >= 15 is 0 Å². The third-order valence-corrected chi connectivity index (χ3v) is 25.2. The monoisotopic (exact) mass is 1820 g/mol. The summed E-state index contributed by atoms with van der Waals surface area (Å²) in [5, 5.41) is 50.8. The number of methoxy groups -OCH3 is 5. The van der Waals surface area contributed by atoms with E-state index in [-0.39, 0.29) is 143 Å². The van der Waals surface area contributed by atoms with E-state index < -0.39 is 79.2 Å². The van der Waals surface area contributed by atoms with E-state index in [0.717, 1.165) is 88.5 Å². The van der Waals surface area contributed by atoms with Crippen LogP contribution in [-0.4, -0.2) is 165 Å². The molecule has 30 nitrogen and oxygen atoms in total. The fraction of sp³-hybridized carbons (Fsp3) is 0.278. The van der Waals surface area contributed by atoms with Crippen LogP contribution in [0.15, 0.2) is 206 Å². The van der Waals surface area contributed by atoms with Crippen LogP contribution >= 0.6 is 0 Å². The SMILES string of the molecule is CCCNS(=O)(=O)c1cc(C(=O)c2ccc(C)cc2)c(O)cc1OC.CCCNS(=O)(=O)c1cc(C(=O)c2ccc(C)cc2)c(O)cc1OC.CCCNS(=O)(=O)c1cc(C(=O)c2ccc(C)cc2)c(O)cc1OC.CCCOS(=O)(=O)c1cc(C(=O)c2ccc(C)cc2)c(O)cc1OC.CCCOS(=O)(=O)c1cc(C(=O)c2ccc(C)cc2)c(O)cc1OC. The fourth-order valence-corrected chi connectivity index (χ4v) is 17.5. The number of carbonyl (C=O) groups is 5. The minimum atomic E-state index is -4.12. The van der Waals surface area contributed by atoms with Gasteiger partial charge < -0.3 is 49.2 Å². The smallest absolute Gasteiger partial charge is 0.300 e. The van der Waals surface area contributed by atoms with Crippen molar-refractivity contribution in [3.8, 4) is 57.5 Å². The zero-order valence-electron chi connectivity index (χ0n) is 71.7. The lowest BCUT2D eigenvalue weighted by Gasteiger charge is -2.13. The molecule has 0 aliphatic rings. The van der Waals surface area contributed by atoms with Gasteiger partial charge in [0.05, 0.1) is 76.6 Å². The molecule has 670 valence electrons. The summed E-state index contributed by atoms with van der Waals surface area (Å²) in [6.45, 7) is 19.3. The number of aromatic hydroxyl groups is 5. The van der Waals surface area contributed by atoms with Crippen LogP contribution in [0.5, 0.6) is 57.5 Å². The normalized spacial score (nSPS) is 11.3. The zero-order valence-corrected chi connectivity index (χ0v) is 75.7. The average Bonchev–Trinajstić information content (AvgIpc) is 0.804. The highest BCUT2D eigenvalue weighted by Crippen LogP contribution is 2.39. The second-order valence-corrected chi connectivity index (χ2v) is 36.2. The maximum atomic E-state index is 12.7. The molecule has 0 heterocycles. The number of hydrogen-bond donors (Lipinski definition) is 8. The van der Waals surface area contributed by atoms with Crippen LogP contribution < -0.4 is 37.9 Å². The Hall–Kier alpha value is -11.9. The Kier molecular flexibility index (Phi) is 37.6. The first-order valence-electron chi connectivity index (χ1n) is 38.9. The number of aryl methyl sites for hydroxylation is 5. The molecular formula is C90H103N3O27S5. The van der Waals surface area contributed by atoms with Gasteiger partial charge in [0.15, 0.2) is 28.9 Å². The number of hydrogen-bond acceptors (Lipinski definition) is 27. The molecule has 0 radical (unpaired) electrons. The van der Waals surface area contributed by atoms with Crippen LogP contribution in [0.4, 0.5) is 0 Å². The number of carbonyl (C=O) groups excluding carboxylic acids is 5. The van der Waals surface area contributed by atoms with Gasteiger partial charge in [0.25, 0.3) is 0 Å². The topological polar surface area (TPSA) is 458 Å². The molecule has 10 aromatic carbocycles. The van der Waals surface area contributed by atoms with Crippen molar-refractivity contribution in [3.05, 3.63) is 265 Å². The van der Waals surface area contributed by atoms with Crippen molar-refractivity contribution in [1.82, 2.24) is 14.2 Å². The first kappa shape index (κ1) is 102. The van der Waals surface area contributed by atoms with Gasteiger partial charge in [-0.15, -0.1) is 0 Å². The number of ketones is 5. The quantitative estimate of drug-likeness (QED) is 0.0135. The third kappa shape index (κ3) is 27.3. The zero-order chi connectivity index (χ0) is 93.1. The van der Waals surface area contributed by atoms with Crippen LogP contribution in [0.25, 0.3) is 0 Å². The van der Waals surface area contributed by atoms with Crippen LogP contribution in [0.2, 0.25) is 0 Å². The number of phenols is 5. The highest BCUT2D eigenvalue weighted by Gasteiger charge is 2.32. The minimum Gasteiger partial charge on any atom is -0.507 e. The Morgan fingerprint density at radius 1 is 0.264 bits per heavy atom. The Morgan fingerprint density at radius 3 is 0.592 bits per heavy atom. The number of nitrogens with one attached hydrogen (secondary N) is 3. The maximum absolute atomic E-state index is 12.7. The Bertz CT molecular complexity index is 5220. The van der Waals surface area contributed by atoms with Gasteiger partial charge in [-0.2, -0.15) is 16.8 Å². The summed E-state index contributed by atoms with van der Waals surface area (Å²) in [4.78, 5) is 62.1. The average molecular weight is 1820 g/mol. The van der Waals surface area contributed by atoms with Gasteiger partial charge in [0.1, 0.15) is 82.0 Å². The molecule has 0 spiro atoms. The van der Waals surface area contributed by atoms with E-state index in [1.807, 2.05) is 55.4 Å². The van der Waals surface area contributed by atoms with Gasteiger partial charge in [0, 0.05) is 77.8 Å². The molecular weight excluding hydrogens is 1720 g/mol. The Balaban J connectivity index is 0.000000241. The number of ether oxygens (including phenoxy) is 5. The number of sulfonamides is 3. The van der Waals surface area contributed by atoms with Crippen molar-refractivity contribution in [3.63, 3.8) is 0 Å². The lowest BCUT2D eigenvalue weighted by Crippen LogP contribution is -2.25. The molecule has 0 bridgehead atoms. The molecule has 0 aromatic heterocycles. The number of benzene rings is 10. The molecule has 10 aromatic rings. The summed E-state index contributed by atoms with van der Waals surface area (Å²) in [7, 11) is -13.4. The summed E-state index contributed by atoms with van der Waals surface area (Å²) in [6, 6.07) is 45.1.